The van der Waals surface area contributed by atoms with Gasteiger partial charge in [0.15, 0.2) is 0 Å². The van der Waals surface area contributed by atoms with E-state index in [1.165, 1.54) is 35.4 Å². The van der Waals surface area contributed by atoms with E-state index in [1.54, 1.807) is 0 Å². The SMILES string of the molecule is O=C(CC[C@@H]1CC1(c1ccccc1)c1ccccc1)Oc1ccc([N+](=O)[O-])cc1. The highest BCUT2D eigenvalue weighted by atomic mass is 16.6. The minimum absolute atomic E-state index is 0.0294. The van der Waals surface area contributed by atoms with Crippen molar-refractivity contribution in [2.45, 2.75) is 24.7 Å². The highest BCUT2D eigenvalue weighted by Gasteiger charge is 2.55. The third-order valence-corrected chi connectivity index (χ3v) is 5.66. The highest BCUT2D eigenvalue weighted by molar-refractivity contribution is 5.72. The number of non-ortho nitro benzene ring substituents is 1. The van der Waals surface area contributed by atoms with E-state index >= 15 is 0 Å². The first kappa shape index (κ1) is 18.9. The number of carbonyl (C=O) groups is 1. The summed E-state index contributed by atoms with van der Waals surface area (Å²) in [4.78, 5) is 22.5. The number of nitrogens with zero attached hydrogens (tertiary/aromatic N) is 1. The molecule has 3 aromatic rings. The van der Waals surface area contributed by atoms with E-state index in [-0.39, 0.29) is 17.1 Å². The molecule has 0 bridgehead atoms. The van der Waals surface area contributed by atoms with Gasteiger partial charge in [0.1, 0.15) is 5.75 Å². The summed E-state index contributed by atoms with van der Waals surface area (Å²) in [6.07, 6.45) is 2.05. The van der Waals surface area contributed by atoms with Crippen molar-refractivity contribution in [3.63, 3.8) is 0 Å². The van der Waals surface area contributed by atoms with Crippen molar-refractivity contribution in [2.75, 3.05) is 0 Å². The van der Waals surface area contributed by atoms with Crippen molar-refractivity contribution in [3.8, 4) is 5.75 Å². The van der Waals surface area contributed by atoms with Gasteiger partial charge in [-0.05, 0) is 42.0 Å². The Morgan fingerprint density at radius 3 is 2.00 bits per heavy atom. The van der Waals surface area contributed by atoms with Crippen LogP contribution in [0.4, 0.5) is 5.69 Å². The van der Waals surface area contributed by atoms with E-state index in [1.807, 2.05) is 12.1 Å². The Balaban J connectivity index is 1.42. The highest BCUT2D eigenvalue weighted by Crippen LogP contribution is 2.60. The average Bonchev–Trinajstić information content (AvgIpc) is 3.50. The van der Waals surface area contributed by atoms with Crippen LogP contribution in [0.25, 0.3) is 0 Å². The molecular weight excluding hydrogens is 366 g/mol. The summed E-state index contributed by atoms with van der Waals surface area (Å²) in [5.41, 5.74) is 2.48. The van der Waals surface area contributed by atoms with Gasteiger partial charge in [-0.1, -0.05) is 60.7 Å². The molecule has 0 aliphatic heterocycles. The third-order valence-electron chi connectivity index (χ3n) is 5.66. The Bertz CT molecular complexity index is 961. The molecule has 146 valence electrons. The van der Waals surface area contributed by atoms with Crippen LogP contribution in [-0.2, 0) is 10.2 Å². The first-order valence-electron chi connectivity index (χ1n) is 9.66. The van der Waals surface area contributed by atoms with Crippen LogP contribution in [0, 0.1) is 16.0 Å². The second-order valence-corrected chi connectivity index (χ2v) is 7.37. The minimum Gasteiger partial charge on any atom is -0.427 e. The Morgan fingerprint density at radius 1 is 0.931 bits per heavy atom. The summed E-state index contributed by atoms with van der Waals surface area (Å²) in [5.74, 6) is 0.381. The van der Waals surface area contributed by atoms with Crippen LogP contribution in [0.1, 0.15) is 30.4 Å². The second-order valence-electron chi connectivity index (χ2n) is 7.37. The zero-order valence-corrected chi connectivity index (χ0v) is 15.9. The van der Waals surface area contributed by atoms with Crippen molar-refractivity contribution in [1.29, 1.82) is 0 Å². The molecule has 1 fully saturated rings. The number of ether oxygens (including phenoxy) is 1. The molecule has 0 heterocycles. The quantitative estimate of drug-likeness (QED) is 0.239. The van der Waals surface area contributed by atoms with E-state index in [9.17, 15) is 14.9 Å². The van der Waals surface area contributed by atoms with E-state index in [0.717, 1.165) is 12.8 Å². The molecule has 0 spiro atoms. The van der Waals surface area contributed by atoms with Crippen molar-refractivity contribution in [1.82, 2.24) is 0 Å². The second kappa shape index (κ2) is 7.87. The summed E-state index contributed by atoms with van der Waals surface area (Å²) in [6.45, 7) is 0. The fourth-order valence-electron chi connectivity index (χ4n) is 4.13. The first-order valence-corrected chi connectivity index (χ1v) is 9.66. The molecule has 1 saturated carbocycles. The summed E-state index contributed by atoms with van der Waals surface area (Å²) in [6, 6.07) is 26.4. The molecule has 1 aliphatic carbocycles. The number of benzene rings is 3. The smallest absolute Gasteiger partial charge is 0.311 e. The van der Waals surface area contributed by atoms with Gasteiger partial charge in [0.05, 0.1) is 4.92 Å². The topological polar surface area (TPSA) is 69.4 Å². The maximum Gasteiger partial charge on any atom is 0.311 e. The maximum atomic E-state index is 12.3. The van der Waals surface area contributed by atoms with E-state index in [0.29, 0.717) is 18.1 Å². The molecule has 0 saturated heterocycles. The van der Waals surface area contributed by atoms with Gasteiger partial charge in [0, 0.05) is 24.0 Å². The Labute approximate surface area is 169 Å². The molecule has 0 unspecified atom stereocenters. The van der Waals surface area contributed by atoms with Crippen LogP contribution < -0.4 is 4.74 Å². The molecule has 1 atom stereocenters. The van der Waals surface area contributed by atoms with Crippen LogP contribution in [-0.4, -0.2) is 10.9 Å². The van der Waals surface area contributed by atoms with Gasteiger partial charge in [0.25, 0.3) is 5.69 Å². The van der Waals surface area contributed by atoms with Crippen molar-refractivity contribution < 1.29 is 14.5 Å². The first-order chi connectivity index (χ1) is 14.1. The lowest BCUT2D eigenvalue weighted by atomic mass is 9.85. The summed E-state index contributed by atoms with van der Waals surface area (Å²) in [7, 11) is 0. The van der Waals surface area contributed by atoms with Crippen molar-refractivity contribution in [2.24, 2.45) is 5.92 Å². The largest absolute Gasteiger partial charge is 0.427 e. The lowest BCUT2D eigenvalue weighted by molar-refractivity contribution is -0.384. The van der Waals surface area contributed by atoms with Crippen molar-refractivity contribution in [3.05, 3.63) is 106 Å². The van der Waals surface area contributed by atoms with Crippen LogP contribution in [0.15, 0.2) is 84.9 Å². The average molecular weight is 387 g/mol. The van der Waals surface area contributed by atoms with Crippen LogP contribution in [0.5, 0.6) is 5.75 Å². The van der Waals surface area contributed by atoms with Crippen LogP contribution in [0.2, 0.25) is 0 Å². The molecule has 0 radical (unpaired) electrons. The molecule has 4 rings (SSSR count). The fraction of sp³-hybridized carbons (Fsp3) is 0.208. The van der Waals surface area contributed by atoms with Crippen molar-refractivity contribution >= 4 is 11.7 Å². The van der Waals surface area contributed by atoms with E-state index in [4.69, 9.17) is 4.74 Å². The standard InChI is InChI=1S/C24H21NO4/c26-23(29-22-14-12-21(13-15-22)25(27)28)16-11-20-17-24(20,18-7-3-1-4-8-18)19-9-5-2-6-10-19/h1-10,12-15,20H,11,16-17H2/t20-/m1/s1. The summed E-state index contributed by atoms with van der Waals surface area (Å²) >= 11 is 0. The molecular formula is C24H21NO4. The zero-order chi connectivity index (χ0) is 20.3. The molecule has 5 heteroatoms. The predicted molar refractivity (Wildman–Crippen MR) is 110 cm³/mol. The van der Waals surface area contributed by atoms with Gasteiger partial charge in [-0.2, -0.15) is 0 Å². The van der Waals surface area contributed by atoms with Gasteiger partial charge in [-0.25, -0.2) is 0 Å². The molecule has 0 amide bonds. The van der Waals surface area contributed by atoms with Gasteiger partial charge >= 0.3 is 5.97 Å². The lowest BCUT2D eigenvalue weighted by Crippen LogP contribution is -2.14. The van der Waals surface area contributed by atoms with Gasteiger partial charge < -0.3 is 4.74 Å². The van der Waals surface area contributed by atoms with Crippen LogP contribution in [0.3, 0.4) is 0 Å². The minimum atomic E-state index is -0.481. The molecule has 29 heavy (non-hydrogen) atoms. The summed E-state index contributed by atoms with van der Waals surface area (Å²) < 4.78 is 5.35. The molecule has 1 aliphatic rings. The number of carbonyl (C=O) groups excluding carboxylic acids is 1. The fourth-order valence-corrected chi connectivity index (χ4v) is 4.13. The number of hydrogen-bond acceptors (Lipinski definition) is 4. The Morgan fingerprint density at radius 2 is 1.48 bits per heavy atom. The third kappa shape index (κ3) is 3.90. The zero-order valence-electron chi connectivity index (χ0n) is 15.9. The Hall–Kier alpha value is -3.47. The summed E-state index contributed by atoms with van der Waals surface area (Å²) in [5, 5.41) is 10.7. The van der Waals surface area contributed by atoms with Gasteiger partial charge in [-0.3, -0.25) is 14.9 Å². The molecule has 0 N–H and O–H groups in total. The van der Waals surface area contributed by atoms with Crippen LogP contribution >= 0.6 is 0 Å². The normalized spacial score (nSPS) is 16.8. The molecule has 3 aromatic carbocycles. The number of esters is 1. The lowest BCUT2D eigenvalue weighted by Gasteiger charge is -2.19. The maximum absolute atomic E-state index is 12.3. The van der Waals surface area contributed by atoms with Gasteiger partial charge in [0.2, 0.25) is 0 Å². The number of nitro groups is 1. The van der Waals surface area contributed by atoms with E-state index in [2.05, 4.69) is 48.5 Å². The molecule has 5 nitrogen and oxygen atoms in total. The Kier molecular flexibility index (Phi) is 5.12. The molecule has 0 aromatic heterocycles. The monoisotopic (exact) mass is 387 g/mol. The van der Waals surface area contributed by atoms with E-state index < -0.39 is 4.92 Å². The predicted octanol–water partition coefficient (Wildman–Crippen LogP) is 5.29. The number of nitro benzene ring substituents is 1. The van der Waals surface area contributed by atoms with Gasteiger partial charge in [-0.15, -0.1) is 0 Å². The number of hydrogen-bond donors (Lipinski definition) is 0. The number of rotatable bonds is 7.